The van der Waals surface area contributed by atoms with Crippen LogP contribution in [0.3, 0.4) is 0 Å². The number of hydrogen-bond donors (Lipinski definition) is 1. The summed E-state index contributed by atoms with van der Waals surface area (Å²) in [6.07, 6.45) is 0. The standard InChI is InChI=1S/C22H23N3OS/c1-14-7-5-6-8-19(14)23-21(26)13-27-22-10-9-20(24-25-22)18-12-16(3)15(2)11-17(18)4/h5-12H,13H2,1-4H3,(H,23,26). The van der Waals surface area contributed by atoms with Gasteiger partial charge >= 0.3 is 0 Å². The fourth-order valence-electron chi connectivity index (χ4n) is 2.82. The Bertz CT molecular complexity index is 968. The summed E-state index contributed by atoms with van der Waals surface area (Å²) >= 11 is 1.38. The van der Waals surface area contributed by atoms with Gasteiger partial charge in [-0.1, -0.05) is 36.0 Å². The number of para-hydroxylation sites is 1. The Morgan fingerprint density at radius 2 is 1.63 bits per heavy atom. The van der Waals surface area contributed by atoms with Crippen molar-refractivity contribution in [2.45, 2.75) is 32.7 Å². The largest absolute Gasteiger partial charge is 0.325 e. The molecule has 0 unspecified atom stereocenters. The molecule has 0 aliphatic rings. The molecule has 0 atom stereocenters. The van der Waals surface area contributed by atoms with Gasteiger partial charge in [-0.05, 0) is 74.2 Å². The van der Waals surface area contributed by atoms with Crippen molar-refractivity contribution >= 4 is 23.4 Å². The van der Waals surface area contributed by atoms with Crippen LogP contribution in [0.15, 0.2) is 53.6 Å². The van der Waals surface area contributed by atoms with Crippen molar-refractivity contribution in [3.05, 3.63) is 70.8 Å². The van der Waals surface area contributed by atoms with Gasteiger partial charge in [-0.3, -0.25) is 4.79 Å². The number of benzene rings is 2. The van der Waals surface area contributed by atoms with Gasteiger partial charge in [0.1, 0.15) is 5.03 Å². The molecule has 3 rings (SSSR count). The second-order valence-corrected chi connectivity index (χ2v) is 7.66. The number of carbonyl (C=O) groups excluding carboxylic acids is 1. The Morgan fingerprint density at radius 3 is 2.33 bits per heavy atom. The Balaban J connectivity index is 1.64. The SMILES string of the molecule is Cc1cc(C)c(-c2ccc(SCC(=O)Nc3ccccc3C)nn2)cc1C. The molecular weight excluding hydrogens is 354 g/mol. The maximum atomic E-state index is 12.2. The molecule has 5 heteroatoms. The predicted molar refractivity (Wildman–Crippen MR) is 112 cm³/mol. The Morgan fingerprint density at radius 1 is 0.889 bits per heavy atom. The molecule has 1 heterocycles. The van der Waals surface area contributed by atoms with Crippen LogP contribution in [0.2, 0.25) is 0 Å². The van der Waals surface area contributed by atoms with E-state index < -0.39 is 0 Å². The van der Waals surface area contributed by atoms with Gasteiger partial charge in [0.25, 0.3) is 0 Å². The Labute approximate surface area is 164 Å². The zero-order chi connectivity index (χ0) is 19.4. The molecule has 1 N–H and O–H groups in total. The molecule has 2 aromatic carbocycles. The third-order valence-electron chi connectivity index (χ3n) is 4.53. The van der Waals surface area contributed by atoms with Crippen LogP contribution in [-0.2, 0) is 4.79 Å². The van der Waals surface area contributed by atoms with Crippen LogP contribution in [0, 0.1) is 27.7 Å². The first-order chi connectivity index (χ1) is 12.9. The van der Waals surface area contributed by atoms with E-state index in [-0.39, 0.29) is 5.91 Å². The summed E-state index contributed by atoms with van der Waals surface area (Å²) in [5.41, 5.74) is 7.53. The number of aryl methyl sites for hydroxylation is 4. The van der Waals surface area contributed by atoms with Crippen molar-refractivity contribution < 1.29 is 4.79 Å². The molecule has 0 saturated heterocycles. The van der Waals surface area contributed by atoms with Gasteiger partial charge in [0, 0.05) is 11.3 Å². The van der Waals surface area contributed by atoms with Crippen LogP contribution in [0.1, 0.15) is 22.3 Å². The van der Waals surface area contributed by atoms with Gasteiger partial charge in [0.2, 0.25) is 5.91 Å². The molecule has 3 aromatic rings. The maximum absolute atomic E-state index is 12.2. The molecule has 0 aliphatic carbocycles. The summed E-state index contributed by atoms with van der Waals surface area (Å²) in [4.78, 5) is 12.2. The van der Waals surface area contributed by atoms with E-state index in [4.69, 9.17) is 0 Å². The quantitative estimate of drug-likeness (QED) is 0.628. The highest BCUT2D eigenvalue weighted by Crippen LogP contribution is 2.26. The summed E-state index contributed by atoms with van der Waals surface area (Å²) < 4.78 is 0. The topological polar surface area (TPSA) is 54.9 Å². The number of nitrogens with zero attached hydrogens (tertiary/aromatic N) is 2. The monoisotopic (exact) mass is 377 g/mol. The smallest absolute Gasteiger partial charge is 0.234 e. The summed E-state index contributed by atoms with van der Waals surface area (Å²) in [5, 5.41) is 12.3. The molecule has 138 valence electrons. The van der Waals surface area contributed by atoms with Crippen LogP contribution < -0.4 is 5.32 Å². The lowest BCUT2D eigenvalue weighted by molar-refractivity contribution is -0.113. The van der Waals surface area contributed by atoms with Gasteiger partial charge < -0.3 is 5.32 Å². The van der Waals surface area contributed by atoms with Gasteiger partial charge in [-0.25, -0.2) is 0 Å². The fourth-order valence-corrected chi connectivity index (χ4v) is 3.43. The highest BCUT2D eigenvalue weighted by atomic mass is 32.2. The molecule has 1 aromatic heterocycles. The van der Waals surface area contributed by atoms with Crippen molar-refractivity contribution in [3.8, 4) is 11.3 Å². The van der Waals surface area contributed by atoms with Gasteiger partial charge in [-0.15, -0.1) is 10.2 Å². The van der Waals surface area contributed by atoms with Crippen molar-refractivity contribution in [2.24, 2.45) is 0 Å². The zero-order valence-corrected chi connectivity index (χ0v) is 16.9. The summed E-state index contributed by atoms with van der Waals surface area (Å²) in [6, 6.07) is 15.9. The number of amides is 1. The molecule has 0 aliphatic heterocycles. The van der Waals surface area contributed by atoms with E-state index >= 15 is 0 Å². The highest BCUT2D eigenvalue weighted by molar-refractivity contribution is 7.99. The fraction of sp³-hybridized carbons (Fsp3) is 0.227. The van der Waals surface area contributed by atoms with E-state index in [1.807, 2.05) is 43.3 Å². The second-order valence-electron chi connectivity index (χ2n) is 6.66. The number of carbonyl (C=O) groups is 1. The molecule has 27 heavy (non-hydrogen) atoms. The van der Waals surface area contributed by atoms with Crippen LogP contribution in [-0.4, -0.2) is 21.9 Å². The normalized spacial score (nSPS) is 10.7. The van der Waals surface area contributed by atoms with E-state index in [2.05, 4.69) is 48.4 Å². The third-order valence-corrected chi connectivity index (χ3v) is 5.45. The first kappa shape index (κ1) is 19.1. The van der Waals surface area contributed by atoms with E-state index in [0.717, 1.165) is 27.5 Å². The molecule has 0 spiro atoms. The molecule has 0 saturated carbocycles. The van der Waals surface area contributed by atoms with Gasteiger partial charge in [0.05, 0.1) is 11.4 Å². The van der Waals surface area contributed by atoms with Crippen LogP contribution >= 0.6 is 11.8 Å². The van der Waals surface area contributed by atoms with Crippen LogP contribution in [0.5, 0.6) is 0 Å². The number of hydrogen-bond acceptors (Lipinski definition) is 4. The first-order valence-corrected chi connectivity index (χ1v) is 9.83. The predicted octanol–water partition coefficient (Wildman–Crippen LogP) is 5.11. The molecule has 4 nitrogen and oxygen atoms in total. The number of aromatic nitrogens is 2. The Kier molecular flexibility index (Phi) is 5.91. The van der Waals surface area contributed by atoms with Crippen molar-refractivity contribution in [1.29, 1.82) is 0 Å². The number of anilines is 1. The third kappa shape index (κ3) is 4.74. The Hall–Kier alpha value is -2.66. The lowest BCUT2D eigenvalue weighted by atomic mass is 9.99. The van der Waals surface area contributed by atoms with Gasteiger partial charge in [0.15, 0.2) is 0 Å². The maximum Gasteiger partial charge on any atom is 0.234 e. The van der Waals surface area contributed by atoms with E-state index in [0.29, 0.717) is 5.75 Å². The van der Waals surface area contributed by atoms with E-state index in [1.54, 1.807) is 0 Å². The van der Waals surface area contributed by atoms with E-state index in [1.165, 1.54) is 28.5 Å². The average Bonchev–Trinajstić information content (AvgIpc) is 2.65. The van der Waals surface area contributed by atoms with Crippen molar-refractivity contribution in [2.75, 3.05) is 11.1 Å². The molecule has 0 bridgehead atoms. The van der Waals surface area contributed by atoms with Crippen molar-refractivity contribution in [1.82, 2.24) is 10.2 Å². The van der Waals surface area contributed by atoms with E-state index in [9.17, 15) is 4.79 Å². The summed E-state index contributed by atoms with van der Waals surface area (Å²) in [7, 11) is 0. The zero-order valence-electron chi connectivity index (χ0n) is 16.0. The molecule has 1 amide bonds. The minimum absolute atomic E-state index is 0.0508. The lowest BCUT2D eigenvalue weighted by Gasteiger charge is -2.09. The number of thioether (sulfide) groups is 1. The molecule has 0 radical (unpaired) electrons. The number of rotatable bonds is 5. The number of nitrogens with one attached hydrogen (secondary N) is 1. The average molecular weight is 378 g/mol. The van der Waals surface area contributed by atoms with Crippen LogP contribution in [0.4, 0.5) is 5.69 Å². The minimum Gasteiger partial charge on any atom is -0.325 e. The first-order valence-electron chi connectivity index (χ1n) is 8.84. The molecule has 0 fully saturated rings. The van der Waals surface area contributed by atoms with Crippen molar-refractivity contribution in [3.63, 3.8) is 0 Å². The minimum atomic E-state index is -0.0508. The highest BCUT2D eigenvalue weighted by Gasteiger charge is 2.09. The van der Waals surface area contributed by atoms with Crippen LogP contribution in [0.25, 0.3) is 11.3 Å². The summed E-state index contributed by atoms with van der Waals surface area (Å²) in [5.74, 6) is 0.246. The lowest BCUT2D eigenvalue weighted by Crippen LogP contribution is -2.14. The second kappa shape index (κ2) is 8.35. The molecular formula is C22H23N3OS. The summed E-state index contributed by atoms with van der Waals surface area (Å²) in [6.45, 7) is 8.27. The van der Waals surface area contributed by atoms with Gasteiger partial charge in [-0.2, -0.15) is 0 Å².